The van der Waals surface area contributed by atoms with E-state index in [2.05, 4.69) is 20.8 Å². The monoisotopic (exact) mass is 452 g/mol. The molecular formula is C27H48O5. The average molecular weight is 453 g/mol. The zero-order chi connectivity index (χ0) is 23.6. The average Bonchev–Trinajstić information content (AvgIpc) is 3.01. The first-order chi connectivity index (χ1) is 14.8. The van der Waals surface area contributed by atoms with Crippen molar-refractivity contribution < 1.29 is 25.5 Å². The lowest BCUT2D eigenvalue weighted by molar-refractivity contribution is -0.207. The maximum atomic E-state index is 11.6. The standard InChI is InChI=1S/C27H48O5/c1-15(10-18(29)14-25(2,3)32)19-6-7-20-24-21(13-23(31)27(19,20)5)26(4)9-8-17(28)11-16(26)12-22(24)30/h15-24,28-32H,6-14H2,1-5H3/t15-,16-,17+,18-,19?,20?,21-,22+,23-,24-,26-,27+/m0/s1. The predicted molar refractivity (Wildman–Crippen MR) is 125 cm³/mol. The zero-order valence-electron chi connectivity index (χ0n) is 20.9. The number of rotatable bonds is 5. The number of hydrogen-bond acceptors (Lipinski definition) is 5. The van der Waals surface area contributed by atoms with Crippen LogP contribution >= 0.6 is 0 Å². The molecule has 0 aromatic heterocycles. The Hall–Kier alpha value is -0.200. The molecule has 5 nitrogen and oxygen atoms in total. The second-order valence-corrected chi connectivity index (χ2v) is 13.4. The van der Waals surface area contributed by atoms with Crippen molar-refractivity contribution in [2.75, 3.05) is 0 Å². The van der Waals surface area contributed by atoms with E-state index in [9.17, 15) is 25.5 Å². The highest BCUT2D eigenvalue weighted by Crippen LogP contribution is 2.68. The van der Waals surface area contributed by atoms with E-state index in [0.29, 0.717) is 36.5 Å². The van der Waals surface area contributed by atoms with Gasteiger partial charge in [0.2, 0.25) is 0 Å². The third-order valence-electron chi connectivity index (χ3n) is 10.9. The fraction of sp³-hybridized carbons (Fsp3) is 1.00. The number of aliphatic hydroxyl groups is 5. The van der Waals surface area contributed by atoms with E-state index in [1.54, 1.807) is 13.8 Å². The third kappa shape index (κ3) is 4.08. The number of hydrogen-bond donors (Lipinski definition) is 5. The summed E-state index contributed by atoms with van der Waals surface area (Å²) in [5.41, 5.74) is -1.03. The number of aliphatic hydroxyl groups excluding tert-OH is 4. The highest BCUT2D eigenvalue weighted by atomic mass is 16.3. The van der Waals surface area contributed by atoms with Crippen molar-refractivity contribution in [3.8, 4) is 0 Å². The molecule has 4 rings (SSSR count). The van der Waals surface area contributed by atoms with Gasteiger partial charge in [0.25, 0.3) is 0 Å². The Labute approximate surface area is 194 Å². The van der Waals surface area contributed by atoms with Gasteiger partial charge < -0.3 is 25.5 Å². The molecule has 0 aromatic carbocycles. The van der Waals surface area contributed by atoms with E-state index in [4.69, 9.17) is 0 Å². The molecule has 0 heterocycles. The molecule has 0 aliphatic heterocycles. The predicted octanol–water partition coefficient (Wildman–Crippen LogP) is 3.50. The second-order valence-electron chi connectivity index (χ2n) is 13.4. The van der Waals surface area contributed by atoms with Crippen LogP contribution in [0, 0.1) is 46.3 Å². The van der Waals surface area contributed by atoms with E-state index < -0.39 is 17.8 Å². The smallest absolute Gasteiger partial charge is 0.0616 e. The van der Waals surface area contributed by atoms with Gasteiger partial charge in [-0.15, -0.1) is 0 Å². The molecule has 0 spiro atoms. The van der Waals surface area contributed by atoms with Gasteiger partial charge in [-0.25, -0.2) is 0 Å². The van der Waals surface area contributed by atoms with Gasteiger partial charge in [-0.2, -0.15) is 0 Å². The minimum atomic E-state index is -0.884. The van der Waals surface area contributed by atoms with Gasteiger partial charge in [0.05, 0.1) is 30.0 Å². The van der Waals surface area contributed by atoms with Crippen LogP contribution in [0.1, 0.15) is 92.4 Å². The SMILES string of the molecule is C[C@@H](C[C@H](O)CC(C)(C)O)C1CCC2[C@@H]3[C@H](O)C[C@@H]4C[C@H](O)CC[C@]4(C)[C@H]3C[C@H](O)[C@@]21C. The normalized spacial score (nSPS) is 50.8. The van der Waals surface area contributed by atoms with Crippen molar-refractivity contribution >= 4 is 0 Å². The van der Waals surface area contributed by atoms with Crippen LogP contribution in [0.4, 0.5) is 0 Å². The molecule has 32 heavy (non-hydrogen) atoms. The van der Waals surface area contributed by atoms with Gasteiger partial charge >= 0.3 is 0 Å². The third-order valence-corrected chi connectivity index (χ3v) is 10.9. The molecule has 0 bridgehead atoms. The summed E-state index contributed by atoms with van der Waals surface area (Å²) >= 11 is 0. The summed E-state index contributed by atoms with van der Waals surface area (Å²) in [6.45, 7) is 10.3. The highest BCUT2D eigenvalue weighted by Gasteiger charge is 2.65. The van der Waals surface area contributed by atoms with Crippen LogP contribution in [-0.2, 0) is 0 Å². The minimum Gasteiger partial charge on any atom is -0.393 e. The lowest BCUT2D eigenvalue weighted by Gasteiger charge is -2.63. The molecule has 0 saturated heterocycles. The Kier molecular flexibility index (Phi) is 6.60. The molecule has 4 fully saturated rings. The lowest BCUT2D eigenvalue weighted by Crippen LogP contribution is -2.62. The van der Waals surface area contributed by atoms with Crippen molar-refractivity contribution in [1.82, 2.24) is 0 Å². The summed E-state index contributed by atoms with van der Waals surface area (Å²) in [5, 5.41) is 53.9. The maximum Gasteiger partial charge on any atom is 0.0616 e. The van der Waals surface area contributed by atoms with E-state index in [0.717, 1.165) is 44.9 Å². The minimum absolute atomic E-state index is 0.0953. The van der Waals surface area contributed by atoms with Crippen LogP contribution in [-0.4, -0.2) is 55.5 Å². The topological polar surface area (TPSA) is 101 Å². The van der Waals surface area contributed by atoms with Crippen LogP contribution in [0.2, 0.25) is 0 Å². The van der Waals surface area contributed by atoms with Gasteiger partial charge in [-0.3, -0.25) is 0 Å². The summed E-state index contributed by atoms with van der Waals surface area (Å²) in [6, 6.07) is 0. The fourth-order valence-corrected chi connectivity index (χ4v) is 9.39. The van der Waals surface area contributed by atoms with Gasteiger partial charge in [0.15, 0.2) is 0 Å². The first-order valence-electron chi connectivity index (χ1n) is 13.2. The Morgan fingerprint density at radius 3 is 2.31 bits per heavy atom. The molecule has 5 N–H and O–H groups in total. The summed E-state index contributed by atoms with van der Waals surface area (Å²) in [7, 11) is 0. The highest BCUT2D eigenvalue weighted by molar-refractivity contribution is 5.14. The van der Waals surface area contributed by atoms with Gasteiger partial charge in [0, 0.05) is 6.42 Å². The van der Waals surface area contributed by atoms with Crippen molar-refractivity contribution in [3.63, 3.8) is 0 Å². The molecule has 0 radical (unpaired) electrons. The molecule has 12 atom stereocenters. The largest absolute Gasteiger partial charge is 0.393 e. The van der Waals surface area contributed by atoms with Crippen LogP contribution in [0.15, 0.2) is 0 Å². The van der Waals surface area contributed by atoms with Crippen LogP contribution in [0.3, 0.4) is 0 Å². The Morgan fingerprint density at radius 2 is 1.66 bits per heavy atom. The Morgan fingerprint density at radius 1 is 0.969 bits per heavy atom. The molecule has 4 aliphatic carbocycles. The molecule has 186 valence electrons. The molecule has 5 heteroatoms. The quantitative estimate of drug-likeness (QED) is 0.440. The zero-order valence-corrected chi connectivity index (χ0v) is 20.9. The Bertz CT molecular complexity index is 675. The number of fused-ring (bicyclic) bond motifs is 5. The second kappa shape index (κ2) is 8.48. The molecule has 0 aromatic rings. The molecular weight excluding hydrogens is 404 g/mol. The first kappa shape index (κ1) is 24.9. The molecule has 2 unspecified atom stereocenters. The van der Waals surface area contributed by atoms with E-state index in [1.165, 1.54) is 0 Å². The van der Waals surface area contributed by atoms with Crippen molar-refractivity contribution in [1.29, 1.82) is 0 Å². The van der Waals surface area contributed by atoms with Crippen LogP contribution in [0.25, 0.3) is 0 Å². The summed E-state index contributed by atoms with van der Waals surface area (Å²) in [5.74, 6) is 1.74. The molecule has 0 amide bonds. The van der Waals surface area contributed by atoms with Crippen LogP contribution in [0.5, 0.6) is 0 Å². The van der Waals surface area contributed by atoms with Crippen molar-refractivity contribution in [2.24, 2.45) is 46.3 Å². The van der Waals surface area contributed by atoms with Gasteiger partial charge in [-0.05, 0) is 112 Å². The molecule has 4 aliphatic rings. The Balaban J connectivity index is 1.55. The summed E-state index contributed by atoms with van der Waals surface area (Å²) in [4.78, 5) is 0. The summed E-state index contributed by atoms with van der Waals surface area (Å²) < 4.78 is 0. The van der Waals surface area contributed by atoms with Gasteiger partial charge in [-0.1, -0.05) is 20.8 Å². The lowest BCUT2D eigenvalue weighted by atomic mass is 9.43. The van der Waals surface area contributed by atoms with Crippen LogP contribution < -0.4 is 0 Å². The van der Waals surface area contributed by atoms with Crippen molar-refractivity contribution in [2.45, 2.75) is 122 Å². The van der Waals surface area contributed by atoms with Crippen molar-refractivity contribution in [3.05, 3.63) is 0 Å². The maximum absolute atomic E-state index is 11.6. The first-order valence-corrected chi connectivity index (χ1v) is 13.2. The van der Waals surface area contributed by atoms with E-state index in [1.807, 2.05) is 0 Å². The summed E-state index contributed by atoms with van der Waals surface area (Å²) in [6.07, 6.45) is 5.66. The fourth-order valence-electron chi connectivity index (χ4n) is 9.39. The van der Waals surface area contributed by atoms with E-state index in [-0.39, 0.29) is 34.9 Å². The van der Waals surface area contributed by atoms with Gasteiger partial charge in [0.1, 0.15) is 0 Å². The molecule has 4 saturated carbocycles. The van der Waals surface area contributed by atoms with E-state index >= 15 is 0 Å².